The standard InChI is InChI=1S/C25H33N5O/c1-19(21-7-5-8-23(17-21)29-14-3-4-15-29)28-25(26-2)27-18-20-10-12-22(13-11-20)30-16-6-9-24(30)31/h5,7-8,10-13,17,19H,3-4,6,9,14-16,18H2,1-2H3,(H2,26,27,28). The van der Waals surface area contributed by atoms with Gasteiger partial charge in [-0.25, -0.2) is 0 Å². The van der Waals surface area contributed by atoms with Crippen molar-refractivity contribution in [3.63, 3.8) is 0 Å². The van der Waals surface area contributed by atoms with Gasteiger partial charge in [-0.05, 0) is 61.6 Å². The molecule has 31 heavy (non-hydrogen) atoms. The zero-order valence-electron chi connectivity index (χ0n) is 18.6. The van der Waals surface area contributed by atoms with Crippen molar-refractivity contribution >= 4 is 23.2 Å². The van der Waals surface area contributed by atoms with Crippen LogP contribution < -0.4 is 20.4 Å². The number of carbonyl (C=O) groups is 1. The Morgan fingerprint density at radius 1 is 1.03 bits per heavy atom. The van der Waals surface area contributed by atoms with Crippen molar-refractivity contribution in [1.82, 2.24) is 10.6 Å². The van der Waals surface area contributed by atoms with E-state index in [9.17, 15) is 4.79 Å². The highest BCUT2D eigenvalue weighted by Crippen LogP contribution is 2.24. The Balaban J connectivity index is 1.32. The molecule has 2 aliphatic rings. The SMILES string of the molecule is CN=C(NCc1ccc(N2CCCC2=O)cc1)NC(C)c1cccc(N2CCCC2)c1. The summed E-state index contributed by atoms with van der Waals surface area (Å²) in [5.74, 6) is 0.996. The fourth-order valence-corrected chi connectivity index (χ4v) is 4.35. The average Bonchev–Trinajstić information content (AvgIpc) is 3.49. The van der Waals surface area contributed by atoms with Crippen LogP contribution in [-0.2, 0) is 11.3 Å². The van der Waals surface area contributed by atoms with E-state index in [1.807, 2.05) is 17.0 Å². The Morgan fingerprint density at radius 2 is 1.81 bits per heavy atom. The molecule has 0 radical (unpaired) electrons. The lowest BCUT2D eigenvalue weighted by Crippen LogP contribution is -2.38. The average molecular weight is 420 g/mol. The fraction of sp³-hybridized carbons (Fsp3) is 0.440. The van der Waals surface area contributed by atoms with Gasteiger partial charge in [0.2, 0.25) is 5.91 Å². The number of aliphatic imine (C=N–C) groups is 1. The number of hydrogen-bond donors (Lipinski definition) is 2. The summed E-state index contributed by atoms with van der Waals surface area (Å²) in [5.41, 5.74) is 4.71. The van der Waals surface area contributed by atoms with Crippen molar-refractivity contribution < 1.29 is 4.79 Å². The molecule has 2 aliphatic heterocycles. The van der Waals surface area contributed by atoms with Gasteiger partial charge < -0.3 is 20.4 Å². The molecule has 2 aromatic rings. The predicted molar refractivity (Wildman–Crippen MR) is 128 cm³/mol. The highest BCUT2D eigenvalue weighted by molar-refractivity contribution is 5.95. The summed E-state index contributed by atoms with van der Waals surface area (Å²) < 4.78 is 0. The van der Waals surface area contributed by atoms with Crippen molar-refractivity contribution in [2.24, 2.45) is 4.99 Å². The number of anilines is 2. The molecule has 0 bridgehead atoms. The first-order valence-electron chi connectivity index (χ1n) is 11.4. The third-order valence-electron chi connectivity index (χ3n) is 6.20. The van der Waals surface area contributed by atoms with Crippen molar-refractivity contribution in [3.8, 4) is 0 Å². The Bertz CT molecular complexity index is 918. The van der Waals surface area contributed by atoms with Gasteiger partial charge in [-0.2, -0.15) is 0 Å². The van der Waals surface area contributed by atoms with Gasteiger partial charge in [0.15, 0.2) is 5.96 Å². The highest BCUT2D eigenvalue weighted by atomic mass is 16.2. The van der Waals surface area contributed by atoms with E-state index in [1.54, 1.807) is 7.05 Å². The molecule has 0 aromatic heterocycles. The first kappa shape index (κ1) is 21.2. The van der Waals surface area contributed by atoms with E-state index in [-0.39, 0.29) is 11.9 Å². The fourth-order valence-electron chi connectivity index (χ4n) is 4.35. The van der Waals surface area contributed by atoms with E-state index in [2.05, 4.69) is 63.8 Å². The molecule has 2 fully saturated rings. The minimum atomic E-state index is 0.150. The monoisotopic (exact) mass is 419 g/mol. The molecule has 2 heterocycles. The summed E-state index contributed by atoms with van der Waals surface area (Å²) in [7, 11) is 1.80. The first-order chi connectivity index (χ1) is 15.1. The third kappa shape index (κ3) is 5.19. The lowest BCUT2D eigenvalue weighted by Gasteiger charge is -2.22. The van der Waals surface area contributed by atoms with E-state index in [0.717, 1.165) is 43.3 Å². The summed E-state index contributed by atoms with van der Waals surface area (Å²) in [4.78, 5) is 20.6. The summed E-state index contributed by atoms with van der Waals surface area (Å²) >= 11 is 0. The summed E-state index contributed by atoms with van der Waals surface area (Å²) in [6, 6.07) is 17.2. The second kappa shape index (κ2) is 9.86. The predicted octanol–water partition coefficient (Wildman–Crippen LogP) is 3.84. The molecule has 4 rings (SSSR count). The van der Waals surface area contributed by atoms with Crippen LogP contribution in [0, 0.1) is 0 Å². The highest BCUT2D eigenvalue weighted by Gasteiger charge is 2.21. The van der Waals surface area contributed by atoms with Crippen LogP contribution in [0.2, 0.25) is 0 Å². The van der Waals surface area contributed by atoms with E-state index in [1.165, 1.54) is 24.1 Å². The summed E-state index contributed by atoms with van der Waals surface area (Å²) in [6.45, 7) is 5.97. The van der Waals surface area contributed by atoms with Crippen LogP contribution in [0.5, 0.6) is 0 Å². The van der Waals surface area contributed by atoms with Gasteiger partial charge in [0.25, 0.3) is 0 Å². The van der Waals surface area contributed by atoms with Crippen molar-refractivity contribution in [2.45, 2.75) is 45.2 Å². The normalized spacial score (nSPS) is 17.9. The smallest absolute Gasteiger partial charge is 0.227 e. The molecule has 2 saturated heterocycles. The zero-order valence-corrected chi connectivity index (χ0v) is 18.6. The second-order valence-electron chi connectivity index (χ2n) is 8.40. The van der Waals surface area contributed by atoms with E-state index >= 15 is 0 Å². The molecule has 0 aliphatic carbocycles. The molecule has 2 aromatic carbocycles. The van der Waals surface area contributed by atoms with E-state index in [0.29, 0.717) is 13.0 Å². The van der Waals surface area contributed by atoms with Crippen LogP contribution in [0.15, 0.2) is 53.5 Å². The summed E-state index contributed by atoms with van der Waals surface area (Å²) in [5, 5.41) is 6.90. The van der Waals surface area contributed by atoms with Gasteiger partial charge in [-0.15, -0.1) is 0 Å². The quantitative estimate of drug-likeness (QED) is 0.552. The first-order valence-corrected chi connectivity index (χ1v) is 11.4. The molecule has 164 valence electrons. The van der Waals surface area contributed by atoms with Gasteiger partial charge in [0.1, 0.15) is 0 Å². The van der Waals surface area contributed by atoms with Crippen molar-refractivity contribution in [1.29, 1.82) is 0 Å². The van der Waals surface area contributed by atoms with Gasteiger partial charge in [-0.1, -0.05) is 24.3 Å². The van der Waals surface area contributed by atoms with Crippen LogP contribution in [0.3, 0.4) is 0 Å². The van der Waals surface area contributed by atoms with Crippen LogP contribution in [0.25, 0.3) is 0 Å². The number of nitrogens with zero attached hydrogens (tertiary/aromatic N) is 3. The molecule has 0 saturated carbocycles. The van der Waals surface area contributed by atoms with Crippen molar-refractivity contribution in [3.05, 3.63) is 59.7 Å². The number of hydrogen-bond acceptors (Lipinski definition) is 3. The van der Waals surface area contributed by atoms with E-state index in [4.69, 9.17) is 0 Å². The molecular formula is C25H33N5O. The zero-order chi connectivity index (χ0) is 21.6. The van der Waals surface area contributed by atoms with Crippen molar-refractivity contribution in [2.75, 3.05) is 36.5 Å². The number of nitrogens with one attached hydrogen (secondary N) is 2. The molecule has 2 N–H and O–H groups in total. The molecule has 1 unspecified atom stereocenters. The number of amides is 1. The molecule has 6 nitrogen and oxygen atoms in total. The van der Waals surface area contributed by atoms with Gasteiger partial charge in [0.05, 0.1) is 6.04 Å². The Labute approximate surface area is 185 Å². The molecule has 1 amide bonds. The maximum atomic E-state index is 11.9. The number of benzene rings is 2. The van der Waals surface area contributed by atoms with Crippen LogP contribution in [-0.4, -0.2) is 38.5 Å². The lowest BCUT2D eigenvalue weighted by atomic mass is 10.1. The third-order valence-corrected chi connectivity index (χ3v) is 6.20. The Morgan fingerprint density at radius 3 is 2.48 bits per heavy atom. The molecule has 1 atom stereocenters. The maximum Gasteiger partial charge on any atom is 0.227 e. The van der Waals surface area contributed by atoms with Crippen LogP contribution in [0.1, 0.15) is 49.8 Å². The molecule has 6 heteroatoms. The van der Waals surface area contributed by atoms with Gasteiger partial charge in [0, 0.05) is 51.0 Å². The number of rotatable bonds is 6. The minimum Gasteiger partial charge on any atom is -0.372 e. The largest absolute Gasteiger partial charge is 0.372 e. The lowest BCUT2D eigenvalue weighted by molar-refractivity contribution is -0.117. The number of carbonyl (C=O) groups excluding carboxylic acids is 1. The topological polar surface area (TPSA) is 60.0 Å². The maximum absolute atomic E-state index is 11.9. The van der Waals surface area contributed by atoms with Gasteiger partial charge >= 0.3 is 0 Å². The van der Waals surface area contributed by atoms with E-state index < -0.39 is 0 Å². The number of guanidine groups is 1. The molecular weight excluding hydrogens is 386 g/mol. The summed E-state index contributed by atoms with van der Waals surface area (Å²) in [6.07, 6.45) is 4.17. The van der Waals surface area contributed by atoms with Gasteiger partial charge in [-0.3, -0.25) is 9.79 Å². The van der Waals surface area contributed by atoms with Crippen LogP contribution in [0.4, 0.5) is 11.4 Å². The minimum absolute atomic E-state index is 0.150. The Kier molecular flexibility index (Phi) is 6.75. The van der Waals surface area contributed by atoms with Crippen LogP contribution >= 0.6 is 0 Å². The second-order valence-corrected chi connectivity index (χ2v) is 8.40. The molecule has 0 spiro atoms. The Hall–Kier alpha value is -3.02.